The summed E-state index contributed by atoms with van der Waals surface area (Å²) >= 11 is 3.39. The predicted octanol–water partition coefficient (Wildman–Crippen LogP) is 2.37. The van der Waals surface area contributed by atoms with Crippen molar-refractivity contribution in [2.75, 3.05) is 31.6 Å². The molecule has 1 aliphatic heterocycles. The number of morpholine rings is 1. The molecule has 2 heterocycles. The third-order valence-electron chi connectivity index (χ3n) is 3.45. The third kappa shape index (κ3) is 3.67. The Morgan fingerprint density at radius 2 is 2.06 bits per heavy atom. The molecule has 0 amide bonds. The van der Waals surface area contributed by atoms with E-state index in [1.807, 2.05) is 18.3 Å². The van der Waals surface area contributed by atoms with Crippen molar-refractivity contribution in [1.82, 2.24) is 9.88 Å². The molecule has 1 N–H and O–H groups in total. The van der Waals surface area contributed by atoms with Crippen LogP contribution in [0.25, 0.3) is 0 Å². The van der Waals surface area contributed by atoms with Gasteiger partial charge in [-0.15, -0.1) is 0 Å². The highest BCUT2D eigenvalue weighted by molar-refractivity contribution is 9.10. The standard InChI is InChI=1S/C13H20BrN3O/c1-10(11(2)17-5-7-18-8-6-17)16-13-4-3-12(14)9-15-13/h3-4,9-11H,5-8H2,1-2H3,(H,15,16). The van der Waals surface area contributed by atoms with Crippen LogP contribution in [-0.2, 0) is 4.74 Å². The summed E-state index contributed by atoms with van der Waals surface area (Å²) in [7, 11) is 0. The van der Waals surface area contributed by atoms with Gasteiger partial charge in [-0.05, 0) is 41.9 Å². The molecule has 18 heavy (non-hydrogen) atoms. The highest BCUT2D eigenvalue weighted by atomic mass is 79.9. The quantitative estimate of drug-likeness (QED) is 0.926. The number of hydrogen-bond acceptors (Lipinski definition) is 4. The second-order valence-electron chi connectivity index (χ2n) is 4.68. The summed E-state index contributed by atoms with van der Waals surface area (Å²) in [6.45, 7) is 8.16. The first kappa shape index (κ1) is 13.8. The largest absolute Gasteiger partial charge is 0.379 e. The lowest BCUT2D eigenvalue weighted by Crippen LogP contribution is -2.48. The second-order valence-corrected chi connectivity index (χ2v) is 5.60. The van der Waals surface area contributed by atoms with Gasteiger partial charge in [0.15, 0.2) is 0 Å². The average Bonchev–Trinajstić information content (AvgIpc) is 2.41. The Morgan fingerprint density at radius 3 is 2.67 bits per heavy atom. The number of rotatable bonds is 4. The van der Waals surface area contributed by atoms with Crippen LogP contribution in [0.2, 0.25) is 0 Å². The molecule has 0 aromatic carbocycles. The van der Waals surface area contributed by atoms with Crippen molar-refractivity contribution in [3.63, 3.8) is 0 Å². The van der Waals surface area contributed by atoms with Gasteiger partial charge in [-0.3, -0.25) is 4.90 Å². The zero-order valence-corrected chi connectivity index (χ0v) is 12.5. The van der Waals surface area contributed by atoms with Crippen molar-refractivity contribution in [2.24, 2.45) is 0 Å². The Balaban J connectivity index is 1.89. The van der Waals surface area contributed by atoms with Gasteiger partial charge < -0.3 is 10.1 Å². The molecular weight excluding hydrogens is 294 g/mol. The monoisotopic (exact) mass is 313 g/mol. The predicted molar refractivity (Wildman–Crippen MR) is 76.9 cm³/mol. The normalized spacial score (nSPS) is 20.4. The summed E-state index contributed by atoms with van der Waals surface area (Å²) in [5.41, 5.74) is 0. The van der Waals surface area contributed by atoms with Crippen molar-refractivity contribution in [2.45, 2.75) is 25.9 Å². The van der Waals surface area contributed by atoms with Crippen LogP contribution in [0.4, 0.5) is 5.82 Å². The highest BCUT2D eigenvalue weighted by Crippen LogP contribution is 2.14. The highest BCUT2D eigenvalue weighted by Gasteiger charge is 2.22. The SMILES string of the molecule is CC(Nc1ccc(Br)cn1)C(C)N1CCOCC1. The van der Waals surface area contributed by atoms with Gasteiger partial charge in [-0.25, -0.2) is 4.98 Å². The topological polar surface area (TPSA) is 37.4 Å². The summed E-state index contributed by atoms with van der Waals surface area (Å²) in [6, 6.07) is 4.82. The van der Waals surface area contributed by atoms with Crippen molar-refractivity contribution in [3.8, 4) is 0 Å². The van der Waals surface area contributed by atoms with E-state index < -0.39 is 0 Å². The van der Waals surface area contributed by atoms with Gasteiger partial charge in [0, 0.05) is 35.8 Å². The molecule has 1 aliphatic rings. The number of ether oxygens (including phenoxy) is 1. The molecule has 0 saturated carbocycles. The summed E-state index contributed by atoms with van der Waals surface area (Å²) in [5.74, 6) is 0.922. The lowest BCUT2D eigenvalue weighted by atomic mass is 10.1. The molecule has 0 radical (unpaired) electrons. The lowest BCUT2D eigenvalue weighted by molar-refractivity contribution is 0.0176. The van der Waals surface area contributed by atoms with Crippen molar-refractivity contribution >= 4 is 21.7 Å². The van der Waals surface area contributed by atoms with Gasteiger partial charge in [0.1, 0.15) is 5.82 Å². The minimum absolute atomic E-state index is 0.358. The fourth-order valence-electron chi connectivity index (χ4n) is 2.12. The van der Waals surface area contributed by atoms with E-state index in [9.17, 15) is 0 Å². The molecule has 2 atom stereocenters. The minimum atomic E-state index is 0.358. The first-order valence-electron chi connectivity index (χ1n) is 6.36. The van der Waals surface area contributed by atoms with E-state index in [2.05, 4.69) is 45.0 Å². The number of aromatic nitrogens is 1. The van der Waals surface area contributed by atoms with Crippen LogP contribution in [0, 0.1) is 0 Å². The van der Waals surface area contributed by atoms with Gasteiger partial charge in [-0.2, -0.15) is 0 Å². The number of hydrogen-bond donors (Lipinski definition) is 1. The zero-order chi connectivity index (χ0) is 13.0. The Hall–Kier alpha value is -0.650. The number of anilines is 1. The van der Waals surface area contributed by atoms with Crippen molar-refractivity contribution < 1.29 is 4.74 Å². The fraction of sp³-hybridized carbons (Fsp3) is 0.615. The van der Waals surface area contributed by atoms with E-state index in [4.69, 9.17) is 4.74 Å². The van der Waals surface area contributed by atoms with E-state index >= 15 is 0 Å². The Morgan fingerprint density at radius 1 is 1.33 bits per heavy atom. The first-order valence-corrected chi connectivity index (χ1v) is 7.16. The number of nitrogens with zero attached hydrogens (tertiary/aromatic N) is 2. The fourth-order valence-corrected chi connectivity index (χ4v) is 2.35. The van der Waals surface area contributed by atoms with Gasteiger partial charge >= 0.3 is 0 Å². The molecule has 0 aliphatic carbocycles. The van der Waals surface area contributed by atoms with Gasteiger partial charge in [0.05, 0.1) is 13.2 Å². The molecule has 5 heteroatoms. The molecule has 0 bridgehead atoms. The smallest absolute Gasteiger partial charge is 0.126 e. The summed E-state index contributed by atoms with van der Waals surface area (Å²) in [6.07, 6.45) is 1.81. The van der Waals surface area contributed by atoms with Crippen LogP contribution in [-0.4, -0.2) is 48.3 Å². The average molecular weight is 314 g/mol. The summed E-state index contributed by atoms with van der Waals surface area (Å²) in [5, 5.41) is 3.45. The maximum Gasteiger partial charge on any atom is 0.126 e. The van der Waals surface area contributed by atoms with Crippen LogP contribution in [0.1, 0.15) is 13.8 Å². The molecule has 1 aromatic rings. The molecule has 1 fully saturated rings. The summed E-state index contributed by atoms with van der Waals surface area (Å²) < 4.78 is 6.38. The van der Waals surface area contributed by atoms with Gasteiger partial charge in [0.2, 0.25) is 0 Å². The van der Waals surface area contributed by atoms with Crippen LogP contribution in [0.3, 0.4) is 0 Å². The van der Waals surface area contributed by atoms with E-state index in [1.165, 1.54) is 0 Å². The Bertz CT molecular complexity index is 365. The van der Waals surface area contributed by atoms with E-state index in [0.29, 0.717) is 12.1 Å². The van der Waals surface area contributed by atoms with E-state index in [1.54, 1.807) is 0 Å². The Kier molecular flexibility index (Phi) is 4.97. The molecule has 2 rings (SSSR count). The molecule has 0 spiro atoms. The van der Waals surface area contributed by atoms with Crippen LogP contribution in [0.15, 0.2) is 22.8 Å². The molecule has 1 aromatic heterocycles. The molecule has 100 valence electrons. The van der Waals surface area contributed by atoms with Crippen LogP contribution >= 0.6 is 15.9 Å². The van der Waals surface area contributed by atoms with Crippen molar-refractivity contribution in [3.05, 3.63) is 22.8 Å². The van der Waals surface area contributed by atoms with E-state index in [0.717, 1.165) is 36.6 Å². The van der Waals surface area contributed by atoms with Gasteiger partial charge in [0.25, 0.3) is 0 Å². The van der Waals surface area contributed by atoms with Crippen LogP contribution < -0.4 is 5.32 Å². The second kappa shape index (κ2) is 6.50. The summed E-state index contributed by atoms with van der Waals surface area (Å²) in [4.78, 5) is 6.80. The molecule has 1 saturated heterocycles. The number of pyridine rings is 1. The first-order chi connectivity index (χ1) is 8.66. The van der Waals surface area contributed by atoms with Gasteiger partial charge in [-0.1, -0.05) is 0 Å². The number of halogens is 1. The Labute approximate surface area is 117 Å². The molecular formula is C13H20BrN3O. The third-order valence-corrected chi connectivity index (χ3v) is 3.92. The minimum Gasteiger partial charge on any atom is -0.379 e. The van der Waals surface area contributed by atoms with Crippen LogP contribution in [0.5, 0.6) is 0 Å². The number of nitrogens with one attached hydrogen (secondary N) is 1. The zero-order valence-electron chi connectivity index (χ0n) is 10.9. The van der Waals surface area contributed by atoms with E-state index in [-0.39, 0.29) is 0 Å². The molecule has 4 nitrogen and oxygen atoms in total. The molecule has 2 unspecified atom stereocenters. The maximum absolute atomic E-state index is 5.38. The van der Waals surface area contributed by atoms with Crippen molar-refractivity contribution in [1.29, 1.82) is 0 Å². The lowest BCUT2D eigenvalue weighted by Gasteiger charge is -2.36. The maximum atomic E-state index is 5.38.